The number of halogens is 1. The lowest BCUT2D eigenvalue weighted by atomic mass is 9.84. The van der Waals surface area contributed by atoms with Gasteiger partial charge in [-0.1, -0.05) is 18.2 Å². The van der Waals surface area contributed by atoms with E-state index in [1.807, 2.05) is 0 Å². The standard InChI is InChI=1S/C25H22BrNO7/c1-34-25(33)19-10-14-11-22(30)23(31)12-16(14)18(8-13-6-7-20(28)21(29)9-13)27(19)24(32)15-4-2-3-5-17(15)26/h2-7,9,11-12,18-19,28-31H,8,10H2,1H3/t18-,19-/m0/s1. The maximum absolute atomic E-state index is 13.8. The van der Waals surface area contributed by atoms with Gasteiger partial charge in [0.15, 0.2) is 23.0 Å². The molecule has 0 fully saturated rings. The molecule has 4 rings (SSSR count). The first-order chi connectivity index (χ1) is 16.2. The fourth-order valence-corrected chi connectivity index (χ4v) is 4.77. The highest BCUT2D eigenvalue weighted by Crippen LogP contribution is 2.42. The van der Waals surface area contributed by atoms with Crippen LogP contribution in [0.4, 0.5) is 0 Å². The second-order valence-electron chi connectivity index (χ2n) is 8.02. The van der Waals surface area contributed by atoms with Crippen LogP contribution in [0.25, 0.3) is 0 Å². The van der Waals surface area contributed by atoms with Crippen molar-refractivity contribution in [3.05, 3.63) is 81.3 Å². The van der Waals surface area contributed by atoms with Crippen molar-refractivity contribution in [1.82, 2.24) is 4.90 Å². The van der Waals surface area contributed by atoms with Gasteiger partial charge in [0.2, 0.25) is 0 Å². The molecule has 0 aromatic heterocycles. The van der Waals surface area contributed by atoms with Gasteiger partial charge in [0.05, 0.1) is 18.7 Å². The molecule has 0 saturated heterocycles. The van der Waals surface area contributed by atoms with E-state index >= 15 is 0 Å². The van der Waals surface area contributed by atoms with Crippen LogP contribution in [0.1, 0.15) is 33.1 Å². The van der Waals surface area contributed by atoms with Crippen LogP contribution < -0.4 is 0 Å². The zero-order valence-corrected chi connectivity index (χ0v) is 19.7. The number of carbonyl (C=O) groups excluding carboxylic acids is 2. The van der Waals surface area contributed by atoms with Crippen LogP contribution in [0.15, 0.2) is 59.1 Å². The number of ether oxygens (including phenoxy) is 1. The van der Waals surface area contributed by atoms with Crippen LogP contribution in [0.3, 0.4) is 0 Å². The maximum Gasteiger partial charge on any atom is 0.328 e. The Bertz CT molecular complexity index is 1280. The molecule has 1 aliphatic heterocycles. The van der Waals surface area contributed by atoms with Gasteiger partial charge in [0.25, 0.3) is 5.91 Å². The summed E-state index contributed by atoms with van der Waals surface area (Å²) in [7, 11) is 1.24. The second-order valence-corrected chi connectivity index (χ2v) is 8.87. The Hall–Kier alpha value is -3.72. The van der Waals surface area contributed by atoms with Crippen molar-refractivity contribution in [2.75, 3.05) is 7.11 Å². The average molecular weight is 528 g/mol. The number of methoxy groups -OCH3 is 1. The molecule has 1 heterocycles. The summed E-state index contributed by atoms with van der Waals surface area (Å²) in [6.07, 6.45) is 0.220. The summed E-state index contributed by atoms with van der Waals surface area (Å²) in [6.45, 7) is 0. The Morgan fingerprint density at radius 3 is 2.32 bits per heavy atom. The summed E-state index contributed by atoms with van der Waals surface area (Å²) in [4.78, 5) is 28.1. The van der Waals surface area contributed by atoms with E-state index in [0.717, 1.165) is 0 Å². The van der Waals surface area contributed by atoms with Gasteiger partial charge in [-0.25, -0.2) is 4.79 Å². The molecule has 3 aromatic rings. The normalized spacial score (nSPS) is 17.2. The lowest BCUT2D eigenvalue weighted by molar-refractivity contribution is -0.147. The zero-order valence-electron chi connectivity index (χ0n) is 18.1. The third-order valence-electron chi connectivity index (χ3n) is 5.96. The van der Waals surface area contributed by atoms with E-state index in [1.54, 1.807) is 30.3 Å². The molecule has 4 N–H and O–H groups in total. The fraction of sp³-hybridized carbons (Fsp3) is 0.200. The number of phenols is 4. The van der Waals surface area contributed by atoms with E-state index in [4.69, 9.17) is 4.74 Å². The largest absolute Gasteiger partial charge is 0.504 e. The predicted molar refractivity (Wildman–Crippen MR) is 126 cm³/mol. The Kier molecular flexibility index (Phi) is 6.39. The summed E-state index contributed by atoms with van der Waals surface area (Å²) in [5.41, 5.74) is 2.04. The average Bonchev–Trinajstić information content (AvgIpc) is 2.81. The first-order valence-corrected chi connectivity index (χ1v) is 11.2. The van der Waals surface area contributed by atoms with Gasteiger partial charge >= 0.3 is 5.97 Å². The Morgan fingerprint density at radius 1 is 0.971 bits per heavy atom. The predicted octanol–water partition coefficient (Wildman–Crippen LogP) is 3.80. The van der Waals surface area contributed by atoms with Crippen LogP contribution in [0.5, 0.6) is 23.0 Å². The molecule has 1 amide bonds. The van der Waals surface area contributed by atoms with Crippen LogP contribution in [-0.2, 0) is 22.4 Å². The molecule has 3 aromatic carbocycles. The van der Waals surface area contributed by atoms with Crippen molar-refractivity contribution in [3.8, 4) is 23.0 Å². The molecular weight excluding hydrogens is 506 g/mol. The number of phenolic OH excluding ortho intramolecular Hbond substituents is 4. The van der Waals surface area contributed by atoms with E-state index in [0.29, 0.717) is 26.7 Å². The van der Waals surface area contributed by atoms with E-state index in [2.05, 4.69) is 15.9 Å². The van der Waals surface area contributed by atoms with Crippen molar-refractivity contribution in [1.29, 1.82) is 0 Å². The van der Waals surface area contributed by atoms with Crippen molar-refractivity contribution >= 4 is 27.8 Å². The van der Waals surface area contributed by atoms with Crippen molar-refractivity contribution in [3.63, 3.8) is 0 Å². The molecule has 176 valence electrons. The third-order valence-corrected chi connectivity index (χ3v) is 6.65. The number of hydrogen-bond acceptors (Lipinski definition) is 7. The Morgan fingerprint density at radius 2 is 1.65 bits per heavy atom. The lowest BCUT2D eigenvalue weighted by Gasteiger charge is -2.42. The molecule has 2 atom stereocenters. The topological polar surface area (TPSA) is 128 Å². The number of benzene rings is 3. The van der Waals surface area contributed by atoms with Crippen LogP contribution in [0.2, 0.25) is 0 Å². The summed E-state index contributed by atoms with van der Waals surface area (Å²) in [6, 6.07) is 12.1. The second kappa shape index (κ2) is 9.26. The molecule has 0 saturated carbocycles. The first-order valence-electron chi connectivity index (χ1n) is 10.4. The fourth-order valence-electron chi connectivity index (χ4n) is 4.31. The van der Waals surface area contributed by atoms with E-state index in [-0.39, 0.29) is 35.8 Å². The quantitative estimate of drug-likeness (QED) is 0.300. The Balaban J connectivity index is 1.90. The molecule has 34 heavy (non-hydrogen) atoms. The minimum Gasteiger partial charge on any atom is -0.504 e. The highest BCUT2D eigenvalue weighted by atomic mass is 79.9. The van der Waals surface area contributed by atoms with Crippen molar-refractivity contribution in [2.45, 2.75) is 24.9 Å². The minimum absolute atomic E-state index is 0.0728. The molecular formula is C25H22BrNO7. The van der Waals surface area contributed by atoms with Gasteiger partial charge in [0.1, 0.15) is 6.04 Å². The number of hydrogen-bond donors (Lipinski definition) is 4. The molecule has 8 nitrogen and oxygen atoms in total. The Labute approximate surface area is 203 Å². The highest BCUT2D eigenvalue weighted by molar-refractivity contribution is 9.10. The molecule has 0 spiro atoms. The monoisotopic (exact) mass is 527 g/mol. The highest BCUT2D eigenvalue weighted by Gasteiger charge is 2.43. The van der Waals surface area contributed by atoms with Crippen molar-refractivity contribution in [2.24, 2.45) is 0 Å². The van der Waals surface area contributed by atoms with Gasteiger partial charge < -0.3 is 30.1 Å². The molecule has 0 aliphatic carbocycles. The number of aromatic hydroxyl groups is 4. The summed E-state index contributed by atoms with van der Waals surface area (Å²) < 4.78 is 5.55. The van der Waals surface area contributed by atoms with Crippen molar-refractivity contribution < 1.29 is 34.8 Å². The summed E-state index contributed by atoms with van der Waals surface area (Å²) >= 11 is 3.40. The van der Waals surface area contributed by atoms with Crippen LogP contribution in [0, 0.1) is 0 Å². The van der Waals surface area contributed by atoms with Gasteiger partial charge in [-0.3, -0.25) is 4.79 Å². The van der Waals surface area contributed by atoms with E-state index in [1.165, 1.54) is 36.3 Å². The smallest absolute Gasteiger partial charge is 0.328 e. The van der Waals surface area contributed by atoms with E-state index in [9.17, 15) is 30.0 Å². The van der Waals surface area contributed by atoms with Gasteiger partial charge in [0, 0.05) is 10.9 Å². The summed E-state index contributed by atoms with van der Waals surface area (Å²) in [5, 5.41) is 40.0. The first kappa shape index (κ1) is 23.4. The molecule has 1 aliphatic rings. The lowest BCUT2D eigenvalue weighted by Crippen LogP contribution is -2.52. The number of nitrogens with zero attached hydrogens (tertiary/aromatic N) is 1. The number of fused-ring (bicyclic) bond motifs is 1. The molecule has 9 heteroatoms. The van der Waals surface area contributed by atoms with Gasteiger partial charge in [-0.05, 0) is 75.4 Å². The van der Waals surface area contributed by atoms with E-state index < -0.39 is 24.0 Å². The number of rotatable bonds is 4. The number of esters is 1. The molecule has 0 radical (unpaired) electrons. The maximum atomic E-state index is 13.8. The summed E-state index contributed by atoms with van der Waals surface area (Å²) in [5.74, 6) is -2.37. The van der Waals surface area contributed by atoms with Crippen LogP contribution in [-0.4, -0.2) is 50.4 Å². The van der Waals surface area contributed by atoms with Gasteiger partial charge in [-0.15, -0.1) is 0 Å². The van der Waals surface area contributed by atoms with Gasteiger partial charge in [-0.2, -0.15) is 0 Å². The molecule has 0 unspecified atom stereocenters. The molecule has 0 bridgehead atoms. The SMILES string of the molecule is COC(=O)[C@@H]1Cc2cc(O)c(O)cc2[C@H](Cc2ccc(O)c(O)c2)N1C(=O)c1ccccc1Br. The van der Waals surface area contributed by atoms with Crippen LogP contribution >= 0.6 is 15.9 Å². The third kappa shape index (κ3) is 4.26. The zero-order chi connectivity index (χ0) is 24.6. The minimum atomic E-state index is -1.00. The number of carbonyl (C=O) groups is 2. The number of amides is 1.